The smallest absolute Gasteiger partial charge is 0.328 e. The fourth-order valence-corrected chi connectivity index (χ4v) is 5.72. The summed E-state index contributed by atoms with van der Waals surface area (Å²) < 4.78 is 4.90. The van der Waals surface area contributed by atoms with Crippen LogP contribution in [0.4, 0.5) is 11.6 Å². The molecule has 2 aromatic carbocycles. The van der Waals surface area contributed by atoms with Gasteiger partial charge in [0.15, 0.2) is 28.4 Å². The highest BCUT2D eigenvalue weighted by atomic mass is 35.5. The van der Waals surface area contributed by atoms with E-state index in [1.165, 1.54) is 12.7 Å². The number of carbonyl (C=O) groups is 4. The predicted molar refractivity (Wildman–Crippen MR) is 214 cm³/mol. The number of esters is 1. The Hall–Kier alpha value is -5.32. The van der Waals surface area contributed by atoms with E-state index in [1.54, 1.807) is 0 Å². The molecule has 0 unspecified atom stereocenters. The predicted octanol–water partition coefficient (Wildman–Crippen LogP) is 2.57. The molecular formula is C38H54ClN11O5. The first kappa shape index (κ1) is 44.1. The van der Waals surface area contributed by atoms with Crippen molar-refractivity contribution in [3.8, 4) is 11.1 Å². The molecular weight excluding hydrogens is 726 g/mol. The van der Waals surface area contributed by atoms with Gasteiger partial charge in [-0.25, -0.2) is 14.8 Å². The standard InChI is InChI=1S/C38H54ClN11O5/c1-55-37(54)29(10-4-7-22-45-35(52)28(41)9-2-5-21-40)47-30(51)20-15-25-13-18-27(19-14-25)26-16-11-24(12-17-26)8-3-6-23-46-38(44)50-36(53)31-33(42)49-34(43)32(39)48-31/h11-14,16-19,28-29H,2-10,15,20-23,40-41H2,1H3,(H,45,52)(H,47,51)(H4,42,43,49)(H3,44,46,50,53)/t28-,29-/m0/s1. The fourth-order valence-electron chi connectivity index (χ4n) is 5.59. The summed E-state index contributed by atoms with van der Waals surface area (Å²) in [4.78, 5) is 57.1. The average Bonchev–Trinajstić information content (AvgIpc) is 3.17. The van der Waals surface area contributed by atoms with Crippen LogP contribution >= 0.6 is 11.6 Å². The van der Waals surface area contributed by atoms with Crippen molar-refractivity contribution in [2.75, 3.05) is 38.2 Å². The summed E-state index contributed by atoms with van der Waals surface area (Å²) in [6.45, 7) is 1.48. The molecule has 0 saturated carbocycles. The van der Waals surface area contributed by atoms with Crippen molar-refractivity contribution >= 4 is 52.9 Å². The molecule has 3 amide bonds. The lowest BCUT2D eigenvalue weighted by molar-refractivity contribution is -0.145. The van der Waals surface area contributed by atoms with E-state index in [1.807, 2.05) is 24.3 Å². The number of nitrogens with two attached hydrogens (primary N) is 4. The number of hydrogen-bond acceptors (Lipinski definition) is 12. The molecule has 2 atom stereocenters. The second kappa shape index (κ2) is 23.5. The highest BCUT2D eigenvalue weighted by molar-refractivity contribution is 6.31. The van der Waals surface area contributed by atoms with E-state index in [0.29, 0.717) is 51.7 Å². The zero-order valence-electron chi connectivity index (χ0n) is 31.3. The van der Waals surface area contributed by atoms with Gasteiger partial charge in [0.2, 0.25) is 11.8 Å². The molecule has 3 aromatic rings. The number of halogens is 1. The molecule has 298 valence electrons. The van der Waals surface area contributed by atoms with Gasteiger partial charge in [-0.15, -0.1) is 0 Å². The van der Waals surface area contributed by atoms with Gasteiger partial charge in [-0.3, -0.25) is 25.1 Å². The lowest BCUT2D eigenvalue weighted by atomic mass is 9.99. The van der Waals surface area contributed by atoms with Gasteiger partial charge in [-0.1, -0.05) is 66.6 Å². The first-order chi connectivity index (χ1) is 26.4. The number of nitrogens with one attached hydrogen (secondary N) is 5. The van der Waals surface area contributed by atoms with E-state index >= 15 is 0 Å². The molecule has 0 saturated heterocycles. The molecule has 0 aliphatic heterocycles. The third kappa shape index (κ3) is 15.5. The lowest BCUT2D eigenvalue weighted by Crippen LogP contribution is -2.42. The minimum absolute atomic E-state index is 0.0839. The van der Waals surface area contributed by atoms with E-state index in [4.69, 9.17) is 44.7 Å². The van der Waals surface area contributed by atoms with Gasteiger partial charge in [-0.05, 0) is 86.6 Å². The molecule has 0 aliphatic rings. The van der Waals surface area contributed by atoms with Crippen molar-refractivity contribution < 1.29 is 23.9 Å². The van der Waals surface area contributed by atoms with Crippen LogP contribution in [0.2, 0.25) is 5.15 Å². The number of aromatic nitrogens is 2. The van der Waals surface area contributed by atoms with E-state index in [-0.39, 0.29) is 46.7 Å². The van der Waals surface area contributed by atoms with Gasteiger partial charge >= 0.3 is 5.97 Å². The van der Waals surface area contributed by atoms with Crippen LogP contribution in [0.5, 0.6) is 0 Å². The summed E-state index contributed by atoms with van der Waals surface area (Å²) in [5, 5.41) is 18.7. The number of aryl methyl sites for hydroxylation is 2. The van der Waals surface area contributed by atoms with Gasteiger partial charge in [0.05, 0.1) is 13.2 Å². The van der Waals surface area contributed by atoms with Crippen LogP contribution in [0.15, 0.2) is 48.5 Å². The van der Waals surface area contributed by atoms with E-state index in [2.05, 4.69) is 55.5 Å². The van der Waals surface area contributed by atoms with Crippen molar-refractivity contribution in [2.45, 2.75) is 82.7 Å². The first-order valence-electron chi connectivity index (χ1n) is 18.4. The summed E-state index contributed by atoms with van der Waals surface area (Å²) in [5.41, 5.74) is 26.7. The number of benzene rings is 2. The first-order valence-corrected chi connectivity index (χ1v) is 18.8. The molecule has 1 heterocycles. The molecule has 0 radical (unpaired) electrons. The van der Waals surface area contributed by atoms with Gasteiger partial charge in [0, 0.05) is 19.5 Å². The lowest BCUT2D eigenvalue weighted by Gasteiger charge is -2.17. The molecule has 16 nitrogen and oxygen atoms in total. The summed E-state index contributed by atoms with van der Waals surface area (Å²) >= 11 is 5.82. The van der Waals surface area contributed by atoms with Gasteiger partial charge in [-0.2, -0.15) is 0 Å². The van der Waals surface area contributed by atoms with Crippen molar-refractivity contribution in [1.82, 2.24) is 31.2 Å². The number of nitrogen functional groups attached to an aromatic ring is 2. The molecule has 17 heteroatoms. The van der Waals surface area contributed by atoms with E-state index in [0.717, 1.165) is 48.8 Å². The summed E-state index contributed by atoms with van der Waals surface area (Å²) in [6.07, 6.45) is 7.06. The minimum Gasteiger partial charge on any atom is -0.467 e. The maximum Gasteiger partial charge on any atom is 0.328 e. The van der Waals surface area contributed by atoms with Crippen molar-refractivity contribution in [2.24, 2.45) is 11.5 Å². The fraction of sp³-hybridized carbons (Fsp3) is 0.447. The Labute approximate surface area is 326 Å². The second-order valence-corrected chi connectivity index (χ2v) is 13.4. The molecule has 1 aromatic heterocycles. The number of unbranched alkanes of at least 4 members (excludes halogenated alkanes) is 3. The van der Waals surface area contributed by atoms with E-state index in [9.17, 15) is 19.2 Å². The van der Waals surface area contributed by atoms with Crippen molar-refractivity contribution in [3.63, 3.8) is 0 Å². The zero-order chi connectivity index (χ0) is 40.2. The number of guanidine groups is 1. The van der Waals surface area contributed by atoms with Gasteiger partial charge in [0.1, 0.15) is 6.04 Å². The van der Waals surface area contributed by atoms with Crippen LogP contribution in [0.3, 0.4) is 0 Å². The third-order valence-electron chi connectivity index (χ3n) is 8.78. The quantitative estimate of drug-likeness (QED) is 0.0308. The highest BCUT2D eigenvalue weighted by Gasteiger charge is 2.21. The number of nitrogens with zero attached hydrogens (tertiary/aromatic N) is 2. The number of amides is 3. The van der Waals surface area contributed by atoms with Crippen LogP contribution in [-0.4, -0.2) is 78.4 Å². The normalized spacial score (nSPS) is 11.9. The second-order valence-electron chi connectivity index (χ2n) is 13.1. The summed E-state index contributed by atoms with van der Waals surface area (Å²) in [5.74, 6) is -2.12. The van der Waals surface area contributed by atoms with E-state index < -0.39 is 24.0 Å². The Kier molecular flexibility index (Phi) is 18.8. The summed E-state index contributed by atoms with van der Waals surface area (Å²) in [6, 6.07) is 15.0. The summed E-state index contributed by atoms with van der Waals surface area (Å²) in [7, 11) is 1.29. The molecule has 0 aliphatic carbocycles. The number of methoxy groups -OCH3 is 1. The molecule has 0 fully saturated rings. The Morgan fingerprint density at radius 2 is 1.40 bits per heavy atom. The molecule has 0 bridgehead atoms. The number of carbonyl (C=O) groups excluding carboxylic acids is 4. The van der Waals surface area contributed by atoms with Crippen LogP contribution in [0.1, 0.15) is 79.4 Å². The SMILES string of the molecule is COC(=O)[C@H](CCCCNC(=O)[C@@H](N)CCCCN)NC(=O)CCc1ccc(-c2ccc(CCCCNC(=N)NC(=O)c3nc(Cl)c(N)nc3N)cc2)cc1. The Morgan fingerprint density at radius 3 is 2.04 bits per heavy atom. The Morgan fingerprint density at radius 1 is 0.800 bits per heavy atom. The molecule has 0 spiro atoms. The van der Waals surface area contributed by atoms with Crippen LogP contribution in [0, 0.1) is 5.41 Å². The van der Waals surface area contributed by atoms with Gasteiger partial charge < -0.3 is 43.6 Å². The Balaban J connectivity index is 1.34. The number of rotatable bonds is 22. The minimum atomic E-state index is -0.762. The highest BCUT2D eigenvalue weighted by Crippen LogP contribution is 2.22. The van der Waals surface area contributed by atoms with Crippen LogP contribution < -0.4 is 44.2 Å². The number of anilines is 2. The largest absolute Gasteiger partial charge is 0.467 e. The average molecular weight is 780 g/mol. The zero-order valence-corrected chi connectivity index (χ0v) is 32.1. The van der Waals surface area contributed by atoms with Gasteiger partial charge in [0.25, 0.3) is 5.91 Å². The number of ether oxygens (including phenoxy) is 1. The topological polar surface area (TPSA) is 279 Å². The molecule has 3 rings (SSSR count). The van der Waals surface area contributed by atoms with Crippen molar-refractivity contribution in [3.05, 3.63) is 70.5 Å². The molecule has 13 N–H and O–H groups in total. The molecule has 55 heavy (non-hydrogen) atoms. The maximum atomic E-state index is 12.7. The van der Waals surface area contributed by atoms with Crippen LogP contribution in [0.25, 0.3) is 11.1 Å². The monoisotopic (exact) mass is 779 g/mol. The Bertz CT molecular complexity index is 1730. The number of hydrogen-bond donors (Lipinski definition) is 9. The third-order valence-corrected chi connectivity index (χ3v) is 9.06. The van der Waals surface area contributed by atoms with Crippen molar-refractivity contribution in [1.29, 1.82) is 5.41 Å². The van der Waals surface area contributed by atoms with Crippen LogP contribution in [-0.2, 0) is 32.0 Å². The maximum absolute atomic E-state index is 12.7.